The van der Waals surface area contributed by atoms with Crippen molar-refractivity contribution < 1.29 is 14.7 Å². The van der Waals surface area contributed by atoms with Crippen LogP contribution in [0.5, 0.6) is 0 Å². The van der Waals surface area contributed by atoms with Crippen molar-refractivity contribution >= 4 is 11.9 Å². The Morgan fingerprint density at radius 3 is 2.23 bits per heavy atom. The van der Waals surface area contributed by atoms with Gasteiger partial charge in [-0.1, -0.05) is 75.7 Å². The minimum atomic E-state index is -0.974. The lowest BCUT2D eigenvalue weighted by Gasteiger charge is -2.32. The number of amides is 1. The predicted octanol–water partition coefficient (Wildman–Crippen LogP) is 5.22. The number of benzene rings is 2. The van der Waals surface area contributed by atoms with E-state index in [1.54, 1.807) is 4.68 Å². The number of tetrazole rings is 1. The zero-order valence-electron chi connectivity index (χ0n) is 21.2. The number of carboxylic acids is 1. The minimum Gasteiger partial charge on any atom is -0.480 e. The summed E-state index contributed by atoms with van der Waals surface area (Å²) in [5.74, 6) is -0.592. The summed E-state index contributed by atoms with van der Waals surface area (Å²) in [6.07, 6.45) is 1.97. The molecule has 0 fully saturated rings. The van der Waals surface area contributed by atoms with Crippen LogP contribution in [0, 0.1) is 5.92 Å². The predicted molar refractivity (Wildman–Crippen MR) is 135 cm³/mol. The van der Waals surface area contributed by atoms with Gasteiger partial charge in [0.1, 0.15) is 6.04 Å². The molecule has 8 heteroatoms. The molecule has 0 radical (unpaired) electrons. The highest BCUT2D eigenvalue weighted by molar-refractivity contribution is 5.84. The summed E-state index contributed by atoms with van der Waals surface area (Å²) in [6, 6.07) is 15.1. The largest absolute Gasteiger partial charge is 0.480 e. The smallest absolute Gasteiger partial charge is 0.326 e. The van der Waals surface area contributed by atoms with E-state index >= 15 is 0 Å². The van der Waals surface area contributed by atoms with Gasteiger partial charge in [-0.3, -0.25) is 4.79 Å². The molecule has 0 saturated carbocycles. The molecule has 3 rings (SSSR count). The Kier molecular flexibility index (Phi) is 8.73. The maximum atomic E-state index is 12.9. The molecule has 1 atom stereocenters. The lowest BCUT2D eigenvalue weighted by atomic mass is 9.97. The van der Waals surface area contributed by atoms with Crippen LogP contribution >= 0.6 is 0 Å². The van der Waals surface area contributed by atoms with E-state index in [1.807, 2.05) is 83.1 Å². The maximum absolute atomic E-state index is 12.9. The fourth-order valence-corrected chi connectivity index (χ4v) is 4.23. The molecule has 3 aromatic rings. The van der Waals surface area contributed by atoms with Crippen molar-refractivity contribution in [3.8, 4) is 22.5 Å². The average molecular weight is 478 g/mol. The topological polar surface area (TPSA) is 101 Å². The van der Waals surface area contributed by atoms with Crippen LogP contribution in [0.2, 0.25) is 0 Å². The molecule has 0 aliphatic rings. The van der Waals surface area contributed by atoms with E-state index in [0.717, 1.165) is 35.1 Å². The second-order valence-corrected chi connectivity index (χ2v) is 9.44. The number of carbonyl (C=O) groups excluding carboxylic acids is 1. The van der Waals surface area contributed by atoms with Gasteiger partial charge in [0.2, 0.25) is 5.91 Å². The molecule has 0 spiro atoms. The monoisotopic (exact) mass is 477 g/mol. The Bertz CT molecular complexity index is 1140. The quantitative estimate of drug-likeness (QED) is 0.406. The Hall–Kier alpha value is -3.55. The standard InChI is InChI=1S/C27H35N5O3/c1-6-7-12-24(33)31(25(18(2)3)27(34)35)17-20-13-15-21(16-14-20)22-10-8-9-11-23(22)26-28-29-30-32(26)19(4)5/h8-11,13-16,18-19,25H,6-7,12,17H2,1-5H3,(H,34,35)/t25-/m0/s1. The number of carbonyl (C=O) groups is 2. The van der Waals surface area contributed by atoms with Gasteiger partial charge in [-0.2, -0.15) is 0 Å². The van der Waals surface area contributed by atoms with Crippen LogP contribution in [0.1, 0.15) is 65.5 Å². The van der Waals surface area contributed by atoms with Crippen molar-refractivity contribution in [2.45, 2.75) is 72.5 Å². The Morgan fingerprint density at radius 2 is 1.66 bits per heavy atom. The number of aliphatic carboxylic acids is 1. The van der Waals surface area contributed by atoms with Crippen molar-refractivity contribution in [1.29, 1.82) is 0 Å². The van der Waals surface area contributed by atoms with Gasteiger partial charge < -0.3 is 10.0 Å². The third kappa shape index (κ3) is 6.12. The van der Waals surface area contributed by atoms with Gasteiger partial charge in [0, 0.05) is 18.5 Å². The van der Waals surface area contributed by atoms with Crippen LogP contribution in [0.4, 0.5) is 0 Å². The summed E-state index contributed by atoms with van der Waals surface area (Å²) in [7, 11) is 0. The molecule has 0 aliphatic heterocycles. The van der Waals surface area contributed by atoms with Gasteiger partial charge in [-0.15, -0.1) is 5.10 Å². The van der Waals surface area contributed by atoms with Crippen LogP contribution in [-0.4, -0.2) is 48.1 Å². The summed E-state index contributed by atoms with van der Waals surface area (Å²) >= 11 is 0. The first-order valence-corrected chi connectivity index (χ1v) is 12.2. The minimum absolute atomic E-state index is 0.120. The second-order valence-electron chi connectivity index (χ2n) is 9.44. The number of unbranched alkanes of at least 4 members (excludes halogenated alkanes) is 1. The summed E-state index contributed by atoms with van der Waals surface area (Å²) in [4.78, 5) is 26.5. The van der Waals surface area contributed by atoms with Crippen molar-refractivity contribution in [1.82, 2.24) is 25.1 Å². The fourth-order valence-electron chi connectivity index (χ4n) is 4.23. The number of hydrogen-bond donors (Lipinski definition) is 1. The Labute approximate surface area is 207 Å². The molecule has 1 heterocycles. The summed E-state index contributed by atoms with van der Waals surface area (Å²) in [5, 5.41) is 22.1. The highest BCUT2D eigenvalue weighted by Crippen LogP contribution is 2.32. The molecule has 0 bridgehead atoms. The van der Waals surface area contributed by atoms with Gasteiger partial charge in [0.05, 0.1) is 6.04 Å². The number of carboxylic acid groups (broad SMARTS) is 1. The molecular weight excluding hydrogens is 442 g/mol. The molecule has 1 amide bonds. The normalized spacial score (nSPS) is 12.2. The van der Waals surface area contributed by atoms with Crippen LogP contribution in [-0.2, 0) is 16.1 Å². The zero-order chi connectivity index (χ0) is 25.5. The van der Waals surface area contributed by atoms with E-state index in [9.17, 15) is 14.7 Å². The van der Waals surface area contributed by atoms with Crippen LogP contribution in [0.25, 0.3) is 22.5 Å². The van der Waals surface area contributed by atoms with Gasteiger partial charge in [0.15, 0.2) is 5.82 Å². The van der Waals surface area contributed by atoms with E-state index in [0.29, 0.717) is 12.2 Å². The fraction of sp³-hybridized carbons (Fsp3) is 0.444. The van der Waals surface area contributed by atoms with Gasteiger partial charge in [-0.25, -0.2) is 9.48 Å². The Balaban J connectivity index is 1.91. The van der Waals surface area contributed by atoms with Gasteiger partial charge in [-0.05, 0) is 53.3 Å². The number of rotatable bonds is 11. The van der Waals surface area contributed by atoms with E-state index in [4.69, 9.17) is 0 Å². The zero-order valence-corrected chi connectivity index (χ0v) is 21.2. The molecule has 0 unspecified atom stereocenters. The number of hydrogen-bond acceptors (Lipinski definition) is 5. The van der Waals surface area contributed by atoms with E-state index in [2.05, 4.69) is 15.5 Å². The first-order valence-electron chi connectivity index (χ1n) is 12.2. The third-order valence-corrected chi connectivity index (χ3v) is 6.05. The summed E-state index contributed by atoms with van der Waals surface area (Å²) < 4.78 is 1.80. The lowest BCUT2D eigenvalue weighted by molar-refractivity contribution is -0.153. The average Bonchev–Trinajstić information content (AvgIpc) is 3.32. The molecule has 0 saturated heterocycles. The van der Waals surface area contributed by atoms with Crippen molar-refractivity contribution in [2.24, 2.45) is 5.92 Å². The van der Waals surface area contributed by atoms with Crippen LogP contribution < -0.4 is 0 Å². The summed E-state index contributed by atoms with van der Waals surface area (Å²) in [6.45, 7) is 10.0. The van der Waals surface area contributed by atoms with Crippen LogP contribution in [0.3, 0.4) is 0 Å². The van der Waals surface area contributed by atoms with Crippen molar-refractivity contribution in [3.05, 3.63) is 54.1 Å². The van der Waals surface area contributed by atoms with Gasteiger partial charge in [0.25, 0.3) is 0 Å². The van der Waals surface area contributed by atoms with Gasteiger partial charge >= 0.3 is 5.97 Å². The molecule has 8 nitrogen and oxygen atoms in total. The van der Waals surface area contributed by atoms with Crippen molar-refractivity contribution in [3.63, 3.8) is 0 Å². The Morgan fingerprint density at radius 1 is 1.00 bits per heavy atom. The van der Waals surface area contributed by atoms with Crippen LogP contribution in [0.15, 0.2) is 48.5 Å². The number of aromatic nitrogens is 4. The number of nitrogens with zero attached hydrogens (tertiary/aromatic N) is 5. The molecule has 186 valence electrons. The molecular formula is C27H35N5O3. The SMILES string of the molecule is CCCCC(=O)N(Cc1ccc(-c2ccccc2-c2nnnn2C(C)C)cc1)[C@H](C(=O)O)C(C)C. The van der Waals surface area contributed by atoms with Crippen molar-refractivity contribution in [2.75, 3.05) is 0 Å². The molecule has 1 N–H and O–H groups in total. The maximum Gasteiger partial charge on any atom is 0.326 e. The third-order valence-electron chi connectivity index (χ3n) is 6.05. The molecule has 1 aromatic heterocycles. The van der Waals surface area contributed by atoms with E-state index in [1.165, 1.54) is 4.90 Å². The molecule has 35 heavy (non-hydrogen) atoms. The highest BCUT2D eigenvalue weighted by Gasteiger charge is 2.32. The first kappa shape index (κ1) is 26.1. The lowest BCUT2D eigenvalue weighted by Crippen LogP contribution is -2.47. The first-order chi connectivity index (χ1) is 16.7. The summed E-state index contributed by atoms with van der Waals surface area (Å²) in [5.41, 5.74) is 3.80. The molecule has 0 aliphatic carbocycles. The van der Waals surface area contributed by atoms with E-state index in [-0.39, 0.29) is 24.4 Å². The van der Waals surface area contributed by atoms with E-state index < -0.39 is 12.0 Å². The second kappa shape index (κ2) is 11.7. The highest BCUT2D eigenvalue weighted by atomic mass is 16.4. The molecule has 2 aromatic carbocycles.